The Bertz CT molecular complexity index is 837. The molecule has 4 nitrogen and oxygen atoms in total. The van der Waals surface area contributed by atoms with Crippen molar-refractivity contribution in [3.8, 4) is 22.8 Å². The van der Waals surface area contributed by atoms with E-state index in [0.29, 0.717) is 0 Å². The number of H-pyrrole nitrogens is 1. The summed E-state index contributed by atoms with van der Waals surface area (Å²) in [4.78, 5) is 13.4. The Hall–Kier alpha value is -1.41. The van der Waals surface area contributed by atoms with Crippen LogP contribution in [0.1, 0.15) is 1.43 Å². The SMILES string of the molecule is CI.Cn1ccnc1-c1ccccc1.[H-].[Na+].c1ccc(-c2ncc[nH]2)cc1. The van der Waals surface area contributed by atoms with Gasteiger partial charge in [-0.05, 0) is 4.93 Å². The van der Waals surface area contributed by atoms with E-state index in [0.717, 1.165) is 22.8 Å². The van der Waals surface area contributed by atoms with Gasteiger partial charge in [-0.3, -0.25) is 0 Å². The van der Waals surface area contributed by atoms with Gasteiger partial charge in [-0.1, -0.05) is 83.3 Å². The van der Waals surface area contributed by atoms with Crippen LogP contribution in [0.2, 0.25) is 0 Å². The minimum absolute atomic E-state index is 0. The van der Waals surface area contributed by atoms with Crippen LogP contribution in [-0.2, 0) is 7.05 Å². The van der Waals surface area contributed by atoms with Crippen LogP contribution in [0.5, 0.6) is 0 Å². The maximum Gasteiger partial charge on any atom is 1.00 e. The van der Waals surface area contributed by atoms with E-state index in [1.54, 1.807) is 6.20 Å². The minimum atomic E-state index is 0. The van der Waals surface area contributed by atoms with Gasteiger partial charge in [-0.15, -0.1) is 0 Å². The Kier molecular flexibility index (Phi) is 11.2. The second kappa shape index (κ2) is 12.9. The summed E-state index contributed by atoms with van der Waals surface area (Å²) in [7, 11) is 2.00. The van der Waals surface area contributed by atoms with Crippen molar-refractivity contribution in [1.29, 1.82) is 0 Å². The molecule has 0 aliphatic rings. The van der Waals surface area contributed by atoms with E-state index in [1.165, 1.54) is 0 Å². The van der Waals surface area contributed by atoms with Crippen molar-refractivity contribution in [2.75, 3.05) is 4.93 Å². The van der Waals surface area contributed by atoms with Gasteiger partial charge in [0.05, 0.1) is 0 Å². The van der Waals surface area contributed by atoms with E-state index in [2.05, 4.69) is 49.7 Å². The normalized spacial score (nSPS) is 9.04. The molecule has 130 valence electrons. The van der Waals surface area contributed by atoms with Gasteiger partial charge in [0.2, 0.25) is 0 Å². The van der Waals surface area contributed by atoms with Gasteiger partial charge >= 0.3 is 29.6 Å². The van der Waals surface area contributed by atoms with Crippen LogP contribution >= 0.6 is 22.6 Å². The zero-order chi connectivity index (χ0) is 17.9. The average Bonchev–Trinajstić information content (AvgIpc) is 3.37. The quantitative estimate of drug-likeness (QED) is 0.279. The Balaban J connectivity index is 0.000000431. The van der Waals surface area contributed by atoms with Crippen molar-refractivity contribution in [1.82, 2.24) is 19.5 Å². The van der Waals surface area contributed by atoms with Crippen molar-refractivity contribution in [3.05, 3.63) is 85.5 Å². The largest absolute Gasteiger partial charge is 1.00 e. The van der Waals surface area contributed by atoms with Gasteiger partial charge in [0.1, 0.15) is 11.6 Å². The van der Waals surface area contributed by atoms with Crippen LogP contribution in [0.25, 0.3) is 22.8 Å². The first-order valence-electron chi connectivity index (χ1n) is 7.80. The molecular formula is C20H22IN4Na. The van der Waals surface area contributed by atoms with Gasteiger partial charge in [0.25, 0.3) is 0 Å². The fourth-order valence-corrected chi connectivity index (χ4v) is 2.25. The minimum Gasteiger partial charge on any atom is -1.00 e. The van der Waals surface area contributed by atoms with Crippen LogP contribution in [0.15, 0.2) is 85.5 Å². The maximum absolute atomic E-state index is 4.25. The first-order chi connectivity index (χ1) is 12.3. The summed E-state index contributed by atoms with van der Waals surface area (Å²) in [6, 6.07) is 20.2. The van der Waals surface area contributed by atoms with Crippen LogP contribution in [0.3, 0.4) is 0 Å². The van der Waals surface area contributed by atoms with E-state index in [4.69, 9.17) is 0 Å². The van der Waals surface area contributed by atoms with Gasteiger partial charge in [0, 0.05) is 43.0 Å². The molecule has 1 N–H and O–H groups in total. The van der Waals surface area contributed by atoms with E-state index in [9.17, 15) is 0 Å². The monoisotopic (exact) mass is 468 g/mol. The molecule has 0 aliphatic carbocycles. The predicted octanol–water partition coefficient (Wildman–Crippen LogP) is 2.33. The van der Waals surface area contributed by atoms with Crippen LogP contribution < -0.4 is 29.6 Å². The molecule has 4 aromatic rings. The number of hydrogen-bond acceptors (Lipinski definition) is 2. The average molecular weight is 468 g/mol. The molecule has 0 aliphatic heterocycles. The molecule has 2 heterocycles. The molecule has 0 bridgehead atoms. The fourth-order valence-electron chi connectivity index (χ4n) is 2.25. The summed E-state index contributed by atoms with van der Waals surface area (Å²) in [6.07, 6.45) is 7.33. The predicted molar refractivity (Wildman–Crippen MR) is 114 cm³/mol. The molecule has 0 spiro atoms. The van der Waals surface area contributed by atoms with Crippen molar-refractivity contribution in [2.45, 2.75) is 0 Å². The maximum atomic E-state index is 4.25. The van der Waals surface area contributed by atoms with Crippen molar-refractivity contribution in [2.24, 2.45) is 7.05 Å². The number of imidazole rings is 2. The second-order valence-electron chi connectivity index (χ2n) is 5.03. The Morgan fingerprint density at radius 3 is 1.88 bits per heavy atom. The molecule has 2 aromatic heterocycles. The number of alkyl halides is 1. The van der Waals surface area contributed by atoms with Crippen molar-refractivity contribution < 1.29 is 31.0 Å². The topological polar surface area (TPSA) is 46.5 Å². The van der Waals surface area contributed by atoms with E-state index in [-0.39, 0.29) is 31.0 Å². The molecule has 6 heteroatoms. The van der Waals surface area contributed by atoms with Crippen molar-refractivity contribution >= 4 is 22.6 Å². The third-order valence-corrected chi connectivity index (χ3v) is 3.40. The van der Waals surface area contributed by atoms with E-state index < -0.39 is 0 Å². The first-order valence-corrected chi connectivity index (χ1v) is 9.95. The molecule has 4 rings (SSSR count). The summed E-state index contributed by atoms with van der Waals surface area (Å²) >= 11 is 2.15. The Labute approximate surface area is 192 Å². The molecule has 0 saturated heterocycles. The van der Waals surface area contributed by atoms with Gasteiger partial charge in [-0.2, -0.15) is 0 Å². The van der Waals surface area contributed by atoms with E-state index in [1.807, 2.05) is 83.7 Å². The molecule has 0 saturated carbocycles. The van der Waals surface area contributed by atoms with Gasteiger partial charge < -0.3 is 11.0 Å². The number of nitrogens with zero attached hydrogens (tertiary/aromatic N) is 3. The number of aromatic nitrogens is 4. The third-order valence-electron chi connectivity index (χ3n) is 3.40. The number of benzene rings is 2. The number of halogens is 1. The van der Waals surface area contributed by atoms with Crippen LogP contribution in [-0.4, -0.2) is 24.4 Å². The summed E-state index contributed by atoms with van der Waals surface area (Å²) < 4.78 is 2.01. The third kappa shape index (κ3) is 6.72. The smallest absolute Gasteiger partial charge is 1.00 e. The molecule has 0 fully saturated rings. The molecule has 26 heavy (non-hydrogen) atoms. The number of nitrogens with one attached hydrogen (secondary N) is 1. The summed E-state index contributed by atoms with van der Waals surface area (Å²) in [5.41, 5.74) is 2.28. The first kappa shape index (κ1) is 22.6. The van der Waals surface area contributed by atoms with E-state index >= 15 is 0 Å². The molecule has 0 radical (unpaired) electrons. The summed E-state index contributed by atoms with van der Waals surface area (Å²) in [5.74, 6) is 1.93. The summed E-state index contributed by atoms with van der Waals surface area (Å²) in [6.45, 7) is 0. The van der Waals surface area contributed by atoms with Crippen molar-refractivity contribution in [3.63, 3.8) is 0 Å². The zero-order valence-corrected chi connectivity index (χ0v) is 19.5. The number of aromatic amines is 1. The van der Waals surface area contributed by atoms with Crippen LogP contribution in [0, 0.1) is 0 Å². The number of aryl methyl sites for hydroxylation is 1. The standard InChI is InChI=1S/C10H10N2.C9H8N2.CH3I.Na.H/c1-12-8-7-11-10(12)9-5-3-2-4-6-9;1-2-4-8(5-3-1)9-10-6-7-11-9;1-2;;/h2-8H,1H3;1-7H,(H,10,11);1H3;;/q;;;+1;-1. The molecular weight excluding hydrogens is 446 g/mol. The van der Waals surface area contributed by atoms with Crippen LogP contribution in [0.4, 0.5) is 0 Å². The van der Waals surface area contributed by atoms with Gasteiger partial charge in [-0.25, -0.2) is 9.97 Å². The summed E-state index contributed by atoms with van der Waals surface area (Å²) in [5, 5.41) is 0. The van der Waals surface area contributed by atoms with Gasteiger partial charge in [0.15, 0.2) is 0 Å². The zero-order valence-electron chi connectivity index (χ0n) is 16.3. The molecule has 0 unspecified atom stereocenters. The Morgan fingerprint density at radius 1 is 0.846 bits per heavy atom. The number of rotatable bonds is 2. The second-order valence-corrected chi connectivity index (χ2v) is 5.03. The molecule has 0 atom stereocenters. The fraction of sp³-hybridized carbons (Fsp3) is 0.100. The number of hydrogen-bond donors (Lipinski definition) is 1. The molecule has 0 amide bonds. The molecule has 2 aromatic carbocycles. The Morgan fingerprint density at radius 2 is 1.42 bits per heavy atom.